The topological polar surface area (TPSA) is 57.2 Å². The maximum Gasteiger partial charge on any atom is 0.192 e. The Hall–Kier alpha value is -1.76. The number of hydrogen-bond acceptors (Lipinski definition) is 5. The Bertz CT molecular complexity index is 688. The molecule has 0 spiro atoms. The maximum absolute atomic E-state index is 10.5. The highest BCUT2D eigenvalue weighted by atomic mass is 16.8. The second-order valence-electron chi connectivity index (χ2n) is 6.61. The van der Waals surface area contributed by atoms with E-state index in [4.69, 9.17) is 18.9 Å². The fourth-order valence-electron chi connectivity index (χ4n) is 3.37. The third kappa shape index (κ3) is 3.47. The van der Waals surface area contributed by atoms with Crippen LogP contribution >= 0.6 is 0 Å². The summed E-state index contributed by atoms with van der Waals surface area (Å²) in [5.74, 6) is -1.39. The molecule has 0 bridgehead atoms. The Morgan fingerprint density at radius 1 is 1.00 bits per heavy atom. The van der Waals surface area contributed by atoms with E-state index >= 15 is 0 Å². The molecule has 2 aliphatic rings. The van der Waals surface area contributed by atoms with Crippen LogP contribution in [0.5, 0.6) is 0 Å². The summed E-state index contributed by atoms with van der Waals surface area (Å²) in [5.41, 5.74) is 2.02. The minimum atomic E-state index is -1.39. The smallest absolute Gasteiger partial charge is 0.192 e. The molecule has 25 heavy (non-hydrogen) atoms. The molecule has 4 rings (SSSR count). The van der Waals surface area contributed by atoms with Crippen LogP contribution in [0.25, 0.3) is 0 Å². The first-order chi connectivity index (χ1) is 12.1. The van der Waals surface area contributed by atoms with Crippen molar-refractivity contribution in [1.82, 2.24) is 0 Å². The molecule has 0 radical (unpaired) electrons. The van der Waals surface area contributed by atoms with E-state index in [2.05, 4.69) is 0 Å². The zero-order valence-corrected chi connectivity index (χ0v) is 14.1. The fourth-order valence-corrected chi connectivity index (χ4v) is 3.37. The molecular formula is C20H22O5. The zero-order valence-electron chi connectivity index (χ0n) is 14.1. The number of benzene rings is 2. The highest BCUT2D eigenvalue weighted by molar-refractivity contribution is 5.18. The van der Waals surface area contributed by atoms with Crippen molar-refractivity contribution in [2.24, 2.45) is 0 Å². The van der Waals surface area contributed by atoms with Gasteiger partial charge in [0.15, 0.2) is 12.1 Å². The monoisotopic (exact) mass is 342 g/mol. The molecule has 5 heteroatoms. The second-order valence-corrected chi connectivity index (χ2v) is 6.61. The maximum atomic E-state index is 10.5. The number of hydrogen-bond donors (Lipinski definition) is 1. The summed E-state index contributed by atoms with van der Waals surface area (Å²) in [6, 6.07) is 19.6. The average Bonchev–Trinajstić information content (AvgIpc) is 3.17. The molecule has 5 atom stereocenters. The minimum absolute atomic E-state index is 0.330. The molecule has 2 fully saturated rings. The van der Waals surface area contributed by atoms with Crippen molar-refractivity contribution >= 4 is 0 Å². The van der Waals surface area contributed by atoms with Gasteiger partial charge in [-0.15, -0.1) is 0 Å². The molecule has 0 aromatic heterocycles. The number of aliphatic hydroxyl groups is 1. The molecule has 0 amide bonds. The molecule has 2 unspecified atom stereocenters. The first kappa shape index (κ1) is 16.7. The molecule has 5 nitrogen and oxygen atoms in total. The largest absolute Gasteiger partial charge is 0.374 e. The number of fused-ring (bicyclic) bond motifs is 1. The van der Waals surface area contributed by atoms with E-state index in [9.17, 15) is 5.11 Å². The molecule has 2 aliphatic heterocycles. The Balaban J connectivity index is 1.40. The van der Waals surface area contributed by atoms with Crippen LogP contribution in [0, 0.1) is 0 Å². The lowest BCUT2D eigenvalue weighted by Crippen LogP contribution is -2.38. The summed E-state index contributed by atoms with van der Waals surface area (Å²) in [6.45, 7) is 2.43. The van der Waals surface area contributed by atoms with Crippen LogP contribution in [0.4, 0.5) is 0 Å². The quantitative estimate of drug-likeness (QED) is 0.905. The molecule has 0 aliphatic carbocycles. The van der Waals surface area contributed by atoms with Crippen molar-refractivity contribution in [3.63, 3.8) is 0 Å². The van der Waals surface area contributed by atoms with E-state index in [1.807, 2.05) is 60.7 Å². The summed E-state index contributed by atoms with van der Waals surface area (Å²) in [4.78, 5) is 0. The van der Waals surface area contributed by atoms with Gasteiger partial charge in [-0.25, -0.2) is 0 Å². The lowest BCUT2D eigenvalue weighted by molar-refractivity contribution is -0.251. The molecule has 0 saturated carbocycles. The van der Waals surface area contributed by atoms with Crippen molar-refractivity contribution in [2.45, 2.75) is 43.9 Å². The minimum Gasteiger partial charge on any atom is -0.374 e. The van der Waals surface area contributed by atoms with Gasteiger partial charge < -0.3 is 24.1 Å². The number of ether oxygens (including phenoxy) is 4. The lowest BCUT2D eigenvalue weighted by Gasteiger charge is -2.24. The molecule has 2 aromatic rings. The Morgan fingerprint density at radius 2 is 1.68 bits per heavy atom. The fraction of sp³-hybridized carbons (Fsp3) is 0.400. The molecule has 132 valence electrons. The van der Waals surface area contributed by atoms with Crippen molar-refractivity contribution in [2.75, 3.05) is 6.61 Å². The first-order valence-corrected chi connectivity index (χ1v) is 8.51. The van der Waals surface area contributed by atoms with Gasteiger partial charge in [0.05, 0.1) is 13.2 Å². The van der Waals surface area contributed by atoms with Gasteiger partial charge in [0.2, 0.25) is 0 Å². The first-order valence-electron chi connectivity index (χ1n) is 8.51. The summed E-state index contributed by atoms with van der Waals surface area (Å²) < 4.78 is 23.5. The van der Waals surface area contributed by atoms with Crippen LogP contribution in [-0.2, 0) is 25.6 Å². The molecule has 2 aromatic carbocycles. The Morgan fingerprint density at radius 3 is 2.40 bits per heavy atom. The van der Waals surface area contributed by atoms with E-state index in [1.54, 1.807) is 6.92 Å². The molecule has 2 saturated heterocycles. The van der Waals surface area contributed by atoms with Crippen molar-refractivity contribution < 1.29 is 24.1 Å². The highest BCUT2D eigenvalue weighted by Crippen LogP contribution is 2.43. The van der Waals surface area contributed by atoms with Gasteiger partial charge in [-0.05, 0) is 12.5 Å². The van der Waals surface area contributed by atoms with Crippen LogP contribution in [0.1, 0.15) is 24.3 Å². The van der Waals surface area contributed by atoms with Crippen LogP contribution in [-0.4, -0.2) is 35.8 Å². The normalized spacial score (nSPS) is 34.2. The predicted molar refractivity (Wildman–Crippen MR) is 90.5 cm³/mol. The Labute approximate surface area is 147 Å². The van der Waals surface area contributed by atoms with Crippen molar-refractivity contribution in [3.05, 3.63) is 71.8 Å². The SMILES string of the molecule is CC1(O)O[C@H](COCc2ccccc2)[C@H]2OC(c3ccccc3)O[C@H]21. The zero-order chi connectivity index (χ0) is 17.3. The second kappa shape index (κ2) is 6.86. The lowest BCUT2D eigenvalue weighted by atomic mass is 10.1. The van der Waals surface area contributed by atoms with E-state index in [-0.39, 0.29) is 12.2 Å². The van der Waals surface area contributed by atoms with Gasteiger partial charge >= 0.3 is 0 Å². The number of rotatable bonds is 5. The van der Waals surface area contributed by atoms with Crippen molar-refractivity contribution in [1.29, 1.82) is 0 Å². The van der Waals surface area contributed by atoms with Gasteiger partial charge in [-0.2, -0.15) is 0 Å². The molecule has 1 N–H and O–H groups in total. The average molecular weight is 342 g/mol. The summed E-state index contributed by atoms with van der Waals surface area (Å²) in [7, 11) is 0. The summed E-state index contributed by atoms with van der Waals surface area (Å²) >= 11 is 0. The van der Waals surface area contributed by atoms with Gasteiger partial charge in [-0.1, -0.05) is 60.7 Å². The van der Waals surface area contributed by atoms with Gasteiger partial charge in [0, 0.05) is 5.56 Å². The van der Waals surface area contributed by atoms with Crippen LogP contribution in [0.3, 0.4) is 0 Å². The van der Waals surface area contributed by atoms with E-state index in [0.717, 1.165) is 11.1 Å². The Kier molecular flexibility index (Phi) is 4.58. The summed E-state index contributed by atoms with van der Waals surface area (Å²) in [6.07, 6.45) is -1.78. The van der Waals surface area contributed by atoms with Crippen LogP contribution < -0.4 is 0 Å². The van der Waals surface area contributed by atoms with E-state index in [1.165, 1.54) is 0 Å². The van der Waals surface area contributed by atoms with E-state index in [0.29, 0.717) is 13.2 Å². The molecular weight excluding hydrogens is 320 g/mol. The molecule has 2 heterocycles. The van der Waals surface area contributed by atoms with Crippen molar-refractivity contribution in [3.8, 4) is 0 Å². The van der Waals surface area contributed by atoms with Gasteiger partial charge in [-0.3, -0.25) is 0 Å². The van der Waals surface area contributed by atoms with Gasteiger partial charge in [0.25, 0.3) is 0 Å². The summed E-state index contributed by atoms with van der Waals surface area (Å²) in [5, 5.41) is 10.5. The predicted octanol–water partition coefficient (Wildman–Crippen LogP) is 2.79. The van der Waals surface area contributed by atoms with Gasteiger partial charge in [0.1, 0.15) is 18.3 Å². The standard InChI is InChI=1S/C20H22O5/c1-20(21)18-17(23-19(24-18)15-10-6-3-7-11-15)16(25-20)13-22-12-14-8-4-2-5-9-14/h2-11,16-19,21H,12-13H2,1H3/t16-,17-,18-,19?,20?/m1/s1. The van der Waals surface area contributed by atoms with Crippen LogP contribution in [0.2, 0.25) is 0 Å². The third-order valence-corrected chi connectivity index (χ3v) is 4.60. The van der Waals surface area contributed by atoms with E-state index < -0.39 is 18.2 Å². The third-order valence-electron chi connectivity index (χ3n) is 4.60. The highest BCUT2D eigenvalue weighted by Gasteiger charge is 2.58. The van der Waals surface area contributed by atoms with Crippen LogP contribution in [0.15, 0.2) is 60.7 Å².